The number of hydrogen-bond acceptors (Lipinski definition) is 3. The Labute approximate surface area is 122 Å². The van der Waals surface area contributed by atoms with E-state index in [1.54, 1.807) is 0 Å². The van der Waals surface area contributed by atoms with E-state index in [9.17, 15) is 0 Å². The minimum absolute atomic E-state index is 0.645. The Morgan fingerprint density at radius 3 is 2.90 bits per heavy atom. The van der Waals surface area contributed by atoms with Crippen molar-refractivity contribution in [1.82, 2.24) is 9.80 Å². The predicted octanol–water partition coefficient (Wildman–Crippen LogP) is 2.64. The van der Waals surface area contributed by atoms with Gasteiger partial charge in [-0.3, -0.25) is 9.80 Å². The van der Waals surface area contributed by atoms with Crippen molar-refractivity contribution in [1.29, 1.82) is 0 Å². The minimum atomic E-state index is 0.645. The molecule has 1 aromatic carbocycles. The van der Waals surface area contributed by atoms with Crippen LogP contribution in [0.4, 0.5) is 5.69 Å². The summed E-state index contributed by atoms with van der Waals surface area (Å²) in [5.74, 6) is 0. The van der Waals surface area contributed by atoms with Crippen LogP contribution in [-0.4, -0.2) is 41.5 Å². The lowest BCUT2D eigenvalue weighted by atomic mass is 9.96. The van der Waals surface area contributed by atoms with Crippen molar-refractivity contribution >= 4 is 5.69 Å². The van der Waals surface area contributed by atoms with Gasteiger partial charge >= 0.3 is 0 Å². The van der Waals surface area contributed by atoms with Crippen molar-refractivity contribution < 1.29 is 0 Å². The van der Waals surface area contributed by atoms with Crippen LogP contribution in [0.25, 0.3) is 0 Å². The zero-order valence-electron chi connectivity index (χ0n) is 12.8. The molecule has 3 rings (SSSR count). The SMILES string of the molecule is Cc1ccc(CN2CC3CCCCN3CC2C)cc1N. The molecular formula is C17H27N3. The Morgan fingerprint density at radius 1 is 1.25 bits per heavy atom. The highest BCUT2D eigenvalue weighted by Gasteiger charge is 2.32. The Hall–Kier alpha value is -1.06. The normalized spacial score (nSPS) is 28.3. The molecule has 3 nitrogen and oxygen atoms in total. The third-order valence-corrected chi connectivity index (χ3v) is 5.05. The van der Waals surface area contributed by atoms with E-state index in [-0.39, 0.29) is 0 Å². The van der Waals surface area contributed by atoms with Gasteiger partial charge in [0.1, 0.15) is 0 Å². The Morgan fingerprint density at radius 2 is 2.10 bits per heavy atom. The molecule has 2 unspecified atom stereocenters. The Balaban J connectivity index is 1.68. The van der Waals surface area contributed by atoms with Gasteiger partial charge in [0.05, 0.1) is 0 Å². The highest BCUT2D eigenvalue weighted by molar-refractivity contribution is 5.48. The first kappa shape index (κ1) is 13.9. The summed E-state index contributed by atoms with van der Waals surface area (Å²) in [6.07, 6.45) is 4.16. The molecule has 110 valence electrons. The van der Waals surface area contributed by atoms with Crippen molar-refractivity contribution in [2.45, 2.75) is 51.7 Å². The average Bonchev–Trinajstić information content (AvgIpc) is 2.44. The summed E-state index contributed by atoms with van der Waals surface area (Å²) in [6.45, 7) is 9.22. The van der Waals surface area contributed by atoms with E-state index in [2.05, 4.69) is 41.8 Å². The third-order valence-electron chi connectivity index (χ3n) is 5.05. The fourth-order valence-corrected chi connectivity index (χ4v) is 3.66. The number of aryl methyl sites for hydroxylation is 1. The number of nitrogens with zero attached hydrogens (tertiary/aromatic N) is 2. The van der Waals surface area contributed by atoms with Crippen molar-refractivity contribution in [2.75, 3.05) is 25.4 Å². The molecule has 3 heteroatoms. The lowest BCUT2D eigenvalue weighted by molar-refractivity contribution is 0.0111. The molecular weight excluding hydrogens is 246 g/mol. The second kappa shape index (κ2) is 5.74. The van der Waals surface area contributed by atoms with Gasteiger partial charge < -0.3 is 5.73 Å². The highest BCUT2D eigenvalue weighted by Crippen LogP contribution is 2.25. The van der Waals surface area contributed by atoms with E-state index < -0.39 is 0 Å². The molecule has 0 saturated carbocycles. The Bertz CT molecular complexity index is 471. The van der Waals surface area contributed by atoms with E-state index in [4.69, 9.17) is 5.73 Å². The number of nitrogen functional groups attached to an aromatic ring is 1. The Kier molecular flexibility index (Phi) is 3.99. The van der Waals surface area contributed by atoms with Gasteiger partial charge in [-0.2, -0.15) is 0 Å². The van der Waals surface area contributed by atoms with Crippen LogP contribution in [0.5, 0.6) is 0 Å². The van der Waals surface area contributed by atoms with Gasteiger partial charge in [0, 0.05) is 37.4 Å². The largest absolute Gasteiger partial charge is 0.399 e. The predicted molar refractivity (Wildman–Crippen MR) is 84.7 cm³/mol. The van der Waals surface area contributed by atoms with Crippen LogP contribution in [0.3, 0.4) is 0 Å². The van der Waals surface area contributed by atoms with Gasteiger partial charge in [-0.15, -0.1) is 0 Å². The monoisotopic (exact) mass is 273 g/mol. The molecule has 2 atom stereocenters. The first-order chi connectivity index (χ1) is 9.63. The highest BCUT2D eigenvalue weighted by atomic mass is 15.3. The number of hydrogen-bond donors (Lipinski definition) is 1. The third kappa shape index (κ3) is 2.84. The quantitative estimate of drug-likeness (QED) is 0.841. The first-order valence-corrected chi connectivity index (χ1v) is 7.96. The van der Waals surface area contributed by atoms with Crippen molar-refractivity contribution in [3.63, 3.8) is 0 Å². The molecule has 2 aliphatic rings. The van der Waals surface area contributed by atoms with E-state index in [1.165, 1.54) is 50.0 Å². The summed E-state index contributed by atoms with van der Waals surface area (Å²) < 4.78 is 0. The number of anilines is 1. The molecule has 1 aromatic rings. The second-order valence-corrected chi connectivity index (χ2v) is 6.61. The van der Waals surface area contributed by atoms with Crippen LogP contribution in [0.2, 0.25) is 0 Å². The molecule has 2 heterocycles. The number of fused-ring (bicyclic) bond motifs is 1. The van der Waals surface area contributed by atoms with Crippen LogP contribution in [-0.2, 0) is 6.54 Å². The number of piperidine rings is 1. The van der Waals surface area contributed by atoms with E-state index >= 15 is 0 Å². The van der Waals surface area contributed by atoms with E-state index in [1.807, 2.05) is 0 Å². The van der Waals surface area contributed by atoms with E-state index in [0.717, 1.165) is 18.3 Å². The van der Waals surface area contributed by atoms with Gasteiger partial charge in [-0.05, 0) is 50.4 Å². The molecule has 2 fully saturated rings. The zero-order chi connectivity index (χ0) is 14.1. The van der Waals surface area contributed by atoms with Gasteiger partial charge in [-0.1, -0.05) is 18.6 Å². The fraction of sp³-hybridized carbons (Fsp3) is 0.647. The fourth-order valence-electron chi connectivity index (χ4n) is 3.66. The summed E-state index contributed by atoms with van der Waals surface area (Å²) >= 11 is 0. The van der Waals surface area contributed by atoms with Crippen LogP contribution in [0, 0.1) is 6.92 Å². The van der Waals surface area contributed by atoms with Crippen LogP contribution < -0.4 is 5.73 Å². The molecule has 0 radical (unpaired) electrons. The van der Waals surface area contributed by atoms with Gasteiger partial charge in [0.25, 0.3) is 0 Å². The van der Waals surface area contributed by atoms with Crippen LogP contribution in [0.1, 0.15) is 37.3 Å². The van der Waals surface area contributed by atoms with Crippen molar-refractivity contribution in [2.24, 2.45) is 0 Å². The first-order valence-electron chi connectivity index (χ1n) is 7.96. The zero-order valence-corrected chi connectivity index (χ0v) is 12.8. The molecule has 0 spiro atoms. The molecule has 0 amide bonds. The summed E-state index contributed by atoms with van der Waals surface area (Å²) in [5.41, 5.74) is 9.49. The molecule has 2 saturated heterocycles. The standard InChI is InChI=1S/C17H27N3/c1-13-6-7-15(9-17(13)18)11-20-12-16-5-3-4-8-19(16)10-14(20)2/h6-7,9,14,16H,3-5,8,10-12,18H2,1-2H3. The maximum atomic E-state index is 6.04. The smallest absolute Gasteiger partial charge is 0.0346 e. The van der Waals surface area contributed by atoms with Crippen LogP contribution in [0.15, 0.2) is 18.2 Å². The number of benzene rings is 1. The molecule has 2 aliphatic heterocycles. The topological polar surface area (TPSA) is 32.5 Å². The lowest BCUT2D eigenvalue weighted by Crippen LogP contribution is -2.58. The van der Waals surface area contributed by atoms with Crippen molar-refractivity contribution in [3.05, 3.63) is 29.3 Å². The summed E-state index contributed by atoms with van der Waals surface area (Å²) in [5, 5.41) is 0. The second-order valence-electron chi connectivity index (χ2n) is 6.61. The average molecular weight is 273 g/mol. The maximum absolute atomic E-state index is 6.04. The number of nitrogens with two attached hydrogens (primary N) is 1. The lowest BCUT2D eigenvalue weighted by Gasteiger charge is -2.47. The van der Waals surface area contributed by atoms with Gasteiger partial charge in [-0.25, -0.2) is 0 Å². The molecule has 20 heavy (non-hydrogen) atoms. The number of piperazine rings is 1. The van der Waals surface area contributed by atoms with Crippen LogP contribution >= 0.6 is 0 Å². The summed E-state index contributed by atoms with van der Waals surface area (Å²) in [6, 6.07) is 7.95. The van der Waals surface area contributed by atoms with Gasteiger partial charge in [0.15, 0.2) is 0 Å². The molecule has 0 bridgehead atoms. The van der Waals surface area contributed by atoms with Gasteiger partial charge in [0.2, 0.25) is 0 Å². The van der Waals surface area contributed by atoms with Crippen molar-refractivity contribution in [3.8, 4) is 0 Å². The summed E-state index contributed by atoms with van der Waals surface area (Å²) in [7, 11) is 0. The molecule has 2 N–H and O–H groups in total. The summed E-state index contributed by atoms with van der Waals surface area (Å²) in [4.78, 5) is 5.34. The molecule has 0 aromatic heterocycles. The minimum Gasteiger partial charge on any atom is -0.399 e. The van der Waals surface area contributed by atoms with E-state index in [0.29, 0.717) is 6.04 Å². The maximum Gasteiger partial charge on any atom is 0.0346 e. The molecule has 0 aliphatic carbocycles. The number of rotatable bonds is 2.